The van der Waals surface area contributed by atoms with E-state index in [4.69, 9.17) is 18.0 Å². The molecule has 0 aromatic rings. The molecule has 64 valence electrons. The molecule has 3 heteroatoms. The van der Waals surface area contributed by atoms with Crippen LogP contribution in [0.3, 0.4) is 0 Å². The van der Waals surface area contributed by atoms with Gasteiger partial charge in [0, 0.05) is 12.5 Å². The predicted octanol–water partition coefficient (Wildman–Crippen LogP) is 1.15. The summed E-state index contributed by atoms with van der Waals surface area (Å²) in [4.78, 5) is 3.02. The molecule has 11 heavy (non-hydrogen) atoms. The highest BCUT2D eigenvalue weighted by atomic mass is 32.1. The van der Waals surface area contributed by atoms with Crippen LogP contribution in [-0.2, 0) is 0 Å². The van der Waals surface area contributed by atoms with Crippen molar-refractivity contribution in [3.63, 3.8) is 0 Å². The van der Waals surface area contributed by atoms with Crippen LogP contribution in [0.1, 0.15) is 25.7 Å². The van der Waals surface area contributed by atoms with Gasteiger partial charge in [0.2, 0.25) is 0 Å². The fourth-order valence-electron chi connectivity index (χ4n) is 1.63. The Bertz CT molecular complexity index is 147. The van der Waals surface area contributed by atoms with E-state index in [9.17, 15) is 0 Å². The molecule has 1 rings (SSSR count). The Morgan fingerprint density at radius 2 is 2.36 bits per heavy atom. The summed E-state index contributed by atoms with van der Waals surface area (Å²) in [5.41, 5.74) is 5.49. The molecule has 2 nitrogen and oxygen atoms in total. The van der Waals surface area contributed by atoms with Crippen molar-refractivity contribution >= 4 is 17.2 Å². The topological polar surface area (TPSA) is 29.3 Å². The first-order chi connectivity index (χ1) is 5.20. The minimum absolute atomic E-state index is 0.612. The lowest BCUT2D eigenvalue weighted by atomic mass is 10.0. The Balaban J connectivity index is 2.35. The molecule has 0 saturated carbocycles. The first-order valence-electron chi connectivity index (χ1n) is 4.18. The van der Waals surface area contributed by atoms with Crippen LogP contribution in [-0.4, -0.2) is 29.5 Å². The SMILES string of the molecule is CN1CCCCC1CC(N)=S. The van der Waals surface area contributed by atoms with Gasteiger partial charge < -0.3 is 10.6 Å². The Labute approximate surface area is 73.7 Å². The van der Waals surface area contributed by atoms with Gasteiger partial charge in [-0.1, -0.05) is 18.6 Å². The van der Waals surface area contributed by atoms with Crippen LogP contribution in [0.5, 0.6) is 0 Å². The maximum Gasteiger partial charge on any atom is 0.0743 e. The highest BCUT2D eigenvalue weighted by molar-refractivity contribution is 7.80. The van der Waals surface area contributed by atoms with E-state index in [1.807, 2.05) is 0 Å². The van der Waals surface area contributed by atoms with Crippen LogP contribution < -0.4 is 5.73 Å². The van der Waals surface area contributed by atoms with Crippen LogP contribution in [0.2, 0.25) is 0 Å². The summed E-state index contributed by atoms with van der Waals surface area (Å²) in [6, 6.07) is 0.612. The van der Waals surface area contributed by atoms with Crippen molar-refractivity contribution in [3.8, 4) is 0 Å². The molecule has 1 saturated heterocycles. The smallest absolute Gasteiger partial charge is 0.0743 e. The summed E-state index contributed by atoms with van der Waals surface area (Å²) in [6.45, 7) is 1.20. The number of rotatable bonds is 2. The minimum Gasteiger partial charge on any atom is -0.393 e. The van der Waals surface area contributed by atoms with Crippen LogP contribution in [0, 0.1) is 0 Å². The second kappa shape index (κ2) is 4.02. The van der Waals surface area contributed by atoms with Crippen molar-refractivity contribution < 1.29 is 0 Å². The Morgan fingerprint density at radius 3 is 2.91 bits per heavy atom. The lowest BCUT2D eigenvalue weighted by Gasteiger charge is -2.32. The van der Waals surface area contributed by atoms with E-state index < -0.39 is 0 Å². The second-order valence-corrected chi connectivity index (χ2v) is 3.83. The molecule has 1 fully saturated rings. The fraction of sp³-hybridized carbons (Fsp3) is 0.875. The van der Waals surface area contributed by atoms with E-state index in [2.05, 4.69) is 11.9 Å². The summed E-state index contributed by atoms with van der Waals surface area (Å²) >= 11 is 4.88. The molecule has 2 N–H and O–H groups in total. The number of thiocarbonyl (C=S) groups is 1. The van der Waals surface area contributed by atoms with Crippen molar-refractivity contribution in [1.82, 2.24) is 4.90 Å². The molecule has 0 bridgehead atoms. The molecule has 0 aromatic carbocycles. The van der Waals surface area contributed by atoms with Crippen molar-refractivity contribution in [2.75, 3.05) is 13.6 Å². The van der Waals surface area contributed by atoms with E-state index in [-0.39, 0.29) is 0 Å². The van der Waals surface area contributed by atoms with Gasteiger partial charge in [0.25, 0.3) is 0 Å². The van der Waals surface area contributed by atoms with Crippen LogP contribution in [0.15, 0.2) is 0 Å². The van der Waals surface area contributed by atoms with Gasteiger partial charge in [-0.3, -0.25) is 0 Å². The fourth-order valence-corrected chi connectivity index (χ4v) is 1.83. The van der Waals surface area contributed by atoms with Crippen molar-refractivity contribution in [2.45, 2.75) is 31.7 Å². The zero-order chi connectivity index (χ0) is 8.27. The summed E-state index contributed by atoms with van der Waals surface area (Å²) in [5.74, 6) is 0. The number of hydrogen-bond donors (Lipinski definition) is 1. The summed E-state index contributed by atoms with van der Waals surface area (Å²) in [6.07, 6.45) is 4.81. The number of piperidine rings is 1. The van der Waals surface area contributed by atoms with E-state index >= 15 is 0 Å². The van der Waals surface area contributed by atoms with Gasteiger partial charge in [-0.15, -0.1) is 0 Å². The van der Waals surface area contributed by atoms with Crippen molar-refractivity contribution in [2.24, 2.45) is 5.73 Å². The molecule has 0 aromatic heterocycles. The van der Waals surface area contributed by atoms with Crippen molar-refractivity contribution in [3.05, 3.63) is 0 Å². The average Bonchev–Trinajstić information content (AvgIpc) is 1.93. The van der Waals surface area contributed by atoms with E-state index in [1.165, 1.54) is 25.8 Å². The summed E-state index contributed by atoms with van der Waals surface area (Å²) in [7, 11) is 2.15. The molecular weight excluding hydrogens is 156 g/mol. The molecule has 1 unspecified atom stereocenters. The van der Waals surface area contributed by atoms with Crippen LogP contribution >= 0.6 is 12.2 Å². The van der Waals surface area contributed by atoms with Gasteiger partial charge in [0.05, 0.1) is 4.99 Å². The molecule has 1 heterocycles. The Kier molecular flexibility index (Phi) is 3.27. The maximum atomic E-state index is 5.49. The third-order valence-electron chi connectivity index (χ3n) is 2.36. The average molecular weight is 172 g/mol. The Morgan fingerprint density at radius 1 is 1.64 bits per heavy atom. The third-order valence-corrected chi connectivity index (χ3v) is 2.52. The van der Waals surface area contributed by atoms with Gasteiger partial charge in [-0.2, -0.15) is 0 Å². The highest BCUT2D eigenvalue weighted by Gasteiger charge is 2.18. The summed E-state index contributed by atoms with van der Waals surface area (Å²) < 4.78 is 0. The van der Waals surface area contributed by atoms with E-state index in [0.29, 0.717) is 11.0 Å². The van der Waals surface area contributed by atoms with Gasteiger partial charge in [0.15, 0.2) is 0 Å². The van der Waals surface area contributed by atoms with E-state index in [1.54, 1.807) is 0 Å². The number of hydrogen-bond acceptors (Lipinski definition) is 2. The monoisotopic (exact) mass is 172 g/mol. The largest absolute Gasteiger partial charge is 0.393 e. The molecule has 0 aliphatic carbocycles. The molecule has 1 atom stereocenters. The number of nitrogens with two attached hydrogens (primary N) is 1. The zero-order valence-corrected chi connectivity index (χ0v) is 7.86. The Hall–Kier alpha value is -0.150. The zero-order valence-electron chi connectivity index (χ0n) is 7.05. The summed E-state index contributed by atoms with van der Waals surface area (Å²) in [5, 5.41) is 0. The molecule has 0 radical (unpaired) electrons. The van der Waals surface area contributed by atoms with Gasteiger partial charge in [0.1, 0.15) is 0 Å². The quantitative estimate of drug-likeness (QED) is 0.634. The molecule has 1 aliphatic rings. The lowest BCUT2D eigenvalue weighted by Crippen LogP contribution is -2.38. The van der Waals surface area contributed by atoms with Gasteiger partial charge in [-0.05, 0) is 26.4 Å². The molecular formula is C8H16N2S. The maximum absolute atomic E-state index is 5.49. The standard InChI is InChI=1S/C8H16N2S/c1-10-5-3-2-4-7(10)6-8(9)11/h7H,2-6H2,1H3,(H2,9,11). The van der Waals surface area contributed by atoms with Crippen molar-refractivity contribution in [1.29, 1.82) is 0 Å². The molecule has 0 amide bonds. The van der Waals surface area contributed by atoms with Crippen LogP contribution in [0.25, 0.3) is 0 Å². The lowest BCUT2D eigenvalue weighted by molar-refractivity contribution is 0.191. The first kappa shape index (κ1) is 8.94. The predicted molar refractivity (Wildman–Crippen MR) is 51.7 cm³/mol. The molecule has 1 aliphatic heterocycles. The van der Waals surface area contributed by atoms with Gasteiger partial charge >= 0.3 is 0 Å². The third kappa shape index (κ3) is 2.75. The number of nitrogens with zero attached hydrogens (tertiary/aromatic N) is 1. The number of likely N-dealkylation sites (tertiary alicyclic amines) is 1. The van der Waals surface area contributed by atoms with Gasteiger partial charge in [-0.25, -0.2) is 0 Å². The molecule has 0 spiro atoms. The minimum atomic E-state index is 0.612. The van der Waals surface area contributed by atoms with E-state index in [0.717, 1.165) is 6.42 Å². The first-order valence-corrected chi connectivity index (χ1v) is 4.59. The normalized spacial score (nSPS) is 26.8. The second-order valence-electron chi connectivity index (χ2n) is 3.30. The van der Waals surface area contributed by atoms with Crippen LogP contribution in [0.4, 0.5) is 0 Å². The highest BCUT2D eigenvalue weighted by Crippen LogP contribution is 2.17.